The Hall–Kier alpha value is -0.740. The summed E-state index contributed by atoms with van der Waals surface area (Å²) in [6.45, 7) is 6.70. The molecule has 2 rings (SSSR count). The molecule has 1 aromatic heterocycles. The Labute approximate surface area is 123 Å². The highest BCUT2D eigenvalue weighted by Crippen LogP contribution is 2.38. The number of aromatic nitrogens is 2. The Morgan fingerprint density at radius 3 is 2.63 bits per heavy atom. The monoisotopic (exact) mass is 303 g/mol. The first-order valence-electron chi connectivity index (χ1n) is 6.49. The van der Waals surface area contributed by atoms with Crippen molar-refractivity contribution in [3.63, 3.8) is 0 Å². The van der Waals surface area contributed by atoms with Crippen molar-refractivity contribution in [1.82, 2.24) is 15.3 Å². The zero-order valence-electron chi connectivity index (χ0n) is 11.4. The van der Waals surface area contributed by atoms with Crippen LogP contribution >= 0.6 is 23.2 Å². The summed E-state index contributed by atoms with van der Waals surface area (Å²) >= 11 is 11.5. The van der Waals surface area contributed by atoms with E-state index in [4.69, 9.17) is 23.2 Å². The minimum Gasteiger partial charge on any atom is -0.347 e. The predicted octanol–water partition coefficient (Wildman–Crippen LogP) is 3.66. The number of amides is 1. The Morgan fingerprint density at radius 1 is 1.42 bits per heavy atom. The van der Waals surface area contributed by atoms with E-state index in [1.165, 1.54) is 6.42 Å². The molecule has 0 bridgehead atoms. The summed E-state index contributed by atoms with van der Waals surface area (Å²) in [5.41, 5.74) is 0.258. The number of rotatable bonds is 2. The van der Waals surface area contributed by atoms with E-state index in [0.29, 0.717) is 5.92 Å². The first kappa shape index (κ1) is 14.7. The predicted molar refractivity (Wildman–Crippen MR) is 76.7 cm³/mol. The lowest BCUT2D eigenvalue weighted by atomic mass is 9.70. The van der Waals surface area contributed by atoms with Gasteiger partial charge in [-0.25, -0.2) is 4.98 Å². The largest absolute Gasteiger partial charge is 0.347 e. The van der Waals surface area contributed by atoms with Crippen molar-refractivity contribution >= 4 is 29.1 Å². The van der Waals surface area contributed by atoms with Gasteiger partial charge in [0, 0.05) is 6.04 Å². The van der Waals surface area contributed by atoms with Crippen LogP contribution in [0.25, 0.3) is 0 Å². The van der Waals surface area contributed by atoms with Gasteiger partial charge in [-0.15, -0.1) is 0 Å². The van der Waals surface area contributed by atoms with Crippen LogP contribution in [0.15, 0.2) is 0 Å². The molecular weight excluding hydrogens is 285 g/mol. The molecule has 0 radical (unpaired) electrons. The van der Waals surface area contributed by atoms with Crippen LogP contribution in [0.1, 0.15) is 50.7 Å². The number of nitrogens with zero attached hydrogens (tertiary/aromatic N) is 1. The van der Waals surface area contributed by atoms with Crippen molar-refractivity contribution in [2.75, 3.05) is 0 Å². The molecule has 1 aromatic rings. The van der Waals surface area contributed by atoms with E-state index in [-0.39, 0.29) is 33.5 Å². The Kier molecular flexibility index (Phi) is 4.11. The van der Waals surface area contributed by atoms with E-state index in [9.17, 15) is 4.79 Å². The lowest BCUT2D eigenvalue weighted by molar-refractivity contribution is 0.0865. The van der Waals surface area contributed by atoms with Crippen molar-refractivity contribution < 1.29 is 4.79 Å². The summed E-state index contributed by atoms with van der Waals surface area (Å²) in [5.74, 6) is 0.535. The molecule has 0 spiro atoms. The van der Waals surface area contributed by atoms with Crippen LogP contribution in [0.4, 0.5) is 0 Å². The van der Waals surface area contributed by atoms with E-state index < -0.39 is 0 Å². The van der Waals surface area contributed by atoms with Gasteiger partial charge in [0.15, 0.2) is 11.0 Å². The second-order valence-electron chi connectivity index (χ2n) is 6.27. The number of nitrogens with one attached hydrogen (secondary N) is 2. The van der Waals surface area contributed by atoms with Gasteiger partial charge in [-0.3, -0.25) is 4.79 Å². The van der Waals surface area contributed by atoms with Gasteiger partial charge < -0.3 is 10.3 Å². The first-order chi connectivity index (χ1) is 8.77. The van der Waals surface area contributed by atoms with Gasteiger partial charge in [0.05, 0.1) is 0 Å². The maximum atomic E-state index is 12.1. The van der Waals surface area contributed by atoms with Crippen molar-refractivity contribution in [3.05, 3.63) is 16.1 Å². The number of halogens is 2. The maximum absolute atomic E-state index is 12.1. The maximum Gasteiger partial charge on any atom is 0.287 e. The van der Waals surface area contributed by atoms with Gasteiger partial charge in [0.2, 0.25) is 0 Å². The molecule has 6 heteroatoms. The second kappa shape index (κ2) is 5.33. The molecule has 1 amide bonds. The molecule has 0 saturated heterocycles. The summed E-state index contributed by atoms with van der Waals surface area (Å²) in [7, 11) is 0. The molecule has 1 fully saturated rings. The smallest absolute Gasteiger partial charge is 0.287 e. The summed E-state index contributed by atoms with van der Waals surface area (Å²) in [6.07, 6.45) is 3.17. The van der Waals surface area contributed by atoms with Crippen molar-refractivity contribution in [2.24, 2.45) is 11.3 Å². The fourth-order valence-corrected chi connectivity index (χ4v) is 3.41. The van der Waals surface area contributed by atoms with Crippen molar-refractivity contribution in [1.29, 1.82) is 0 Å². The number of carbonyl (C=O) groups excluding carboxylic acids is 1. The normalized spacial score (nSPS) is 26.2. The number of imidazole rings is 1. The number of hydrogen-bond acceptors (Lipinski definition) is 2. The topological polar surface area (TPSA) is 57.8 Å². The molecule has 2 N–H and O–H groups in total. The third-order valence-electron chi connectivity index (χ3n) is 3.56. The van der Waals surface area contributed by atoms with Crippen LogP contribution in [0.5, 0.6) is 0 Å². The van der Waals surface area contributed by atoms with Crippen molar-refractivity contribution in [2.45, 2.75) is 46.1 Å². The molecule has 2 atom stereocenters. The van der Waals surface area contributed by atoms with Crippen molar-refractivity contribution in [3.8, 4) is 0 Å². The van der Waals surface area contributed by atoms with Gasteiger partial charge in [0.25, 0.3) is 5.91 Å². The lowest BCUT2D eigenvalue weighted by Gasteiger charge is -2.39. The van der Waals surface area contributed by atoms with Crippen LogP contribution in [-0.2, 0) is 0 Å². The molecule has 1 aliphatic carbocycles. The molecule has 0 aliphatic heterocycles. The first-order valence-corrected chi connectivity index (χ1v) is 7.24. The molecular formula is C13H19Cl2N3O. The highest BCUT2D eigenvalue weighted by molar-refractivity contribution is 6.40. The average molecular weight is 304 g/mol. The molecule has 106 valence electrons. The van der Waals surface area contributed by atoms with Crippen LogP contribution < -0.4 is 5.32 Å². The second-order valence-corrected chi connectivity index (χ2v) is 7.01. The minimum absolute atomic E-state index is 0.129. The lowest BCUT2D eigenvalue weighted by Crippen LogP contribution is -2.43. The SMILES string of the molecule is C[C@@H]1C[C@@H](NC(=O)c2nc(Cl)c(Cl)[nH]2)CC(C)(C)C1. The van der Waals surface area contributed by atoms with Gasteiger partial charge in [-0.2, -0.15) is 0 Å². The minimum atomic E-state index is -0.247. The third kappa shape index (κ3) is 3.63. The fourth-order valence-electron chi connectivity index (χ4n) is 3.15. The number of hydrogen-bond donors (Lipinski definition) is 2. The number of H-pyrrole nitrogens is 1. The fraction of sp³-hybridized carbons (Fsp3) is 0.692. The number of aromatic amines is 1. The van der Waals surface area contributed by atoms with Gasteiger partial charge in [0.1, 0.15) is 5.15 Å². The van der Waals surface area contributed by atoms with E-state index >= 15 is 0 Å². The molecule has 4 nitrogen and oxygen atoms in total. The zero-order valence-corrected chi connectivity index (χ0v) is 12.9. The molecule has 1 saturated carbocycles. The third-order valence-corrected chi connectivity index (χ3v) is 4.20. The average Bonchev–Trinajstić information content (AvgIpc) is 2.56. The van der Waals surface area contributed by atoms with E-state index in [2.05, 4.69) is 36.1 Å². The van der Waals surface area contributed by atoms with Crippen LogP contribution in [0.3, 0.4) is 0 Å². The summed E-state index contributed by atoms with van der Waals surface area (Å²) in [6, 6.07) is 0.175. The van der Waals surface area contributed by atoms with E-state index in [0.717, 1.165) is 12.8 Å². The standard InChI is InChI=1S/C13H19Cl2N3O/c1-7-4-8(6-13(2,3)5-7)16-12(19)11-17-9(14)10(15)18-11/h7-8H,4-6H2,1-3H3,(H,16,19)(H,17,18)/t7-,8-/m1/s1. The van der Waals surface area contributed by atoms with Gasteiger partial charge >= 0.3 is 0 Å². The van der Waals surface area contributed by atoms with Gasteiger partial charge in [-0.1, -0.05) is 44.0 Å². The molecule has 0 unspecified atom stereocenters. The van der Waals surface area contributed by atoms with Crippen LogP contribution in [0.2, 0.25) is 10.3 Å². The van der Waals surface area contributed by atoms with E-state index in [1.54, 1.807) is 0 Å². The number of carbonyl (C=O) groups is 1. The quantitative estimate of drug-likeness (QED) is 0.876. The molecule has 0 aromatic carbocycles. The van der Waals surface area contributed by atoms with Crippen LogP contribution in [0, 0.1) is 11.3 Å². The zero-order chi connectivity index (χ0) is 14.2. The van der Waals surface area contributed by atoms with Crippen LogP contribution in [-0.4, -0.2) is 21.9 Å². The molecule has 1 aliphatic rings. The Balaban J connectivity index is 2.02. The summed E-state index contributed by atoms with van der Waals surface area (Å²) < 4.78 is 0. The highest BCUT2D eigenvalue weighted by atomic mass is 35.5. The summed E-state index contributed by atoms with van der Waals surface area (Å²) in [4.78, 5) is 18.6. The van der Waals surface area contributed by atoms with E-state index in [1.807, 2.05) is 0 Å². The molecule has 19 heavy (non-hydrogen) atoms. The highest BCUT2D eigenvalue weighted by Gasteiger charge is 2.33. The Morgan fingerprint density at radius 2 is 2.11 bits per heavy atom. The van der Waals surface area contributed by atoms with Gasteiger partial charge in [-0.05, 0) is 30.6 Å². The summed E-state index contributed by atoms with van der Waals surface area (Å²) in [5, 5.41) is 3.34. The molecule has 1 heterocycles. The Bertz CT molecular complexity index is 465.